The van der Waals surface area contributed by atoms with Gasteiger partial charge in [-0.25, -0.2) is 0 Å². The molecule has 0 radical (unpaired) electrons. The highest BCUT2D eigenvalue weighted by molar-refractivity contribution is 6.04. The summed E-state index contributed by atoms with van der Waals surface area (Å²) in [5.41, 5.74) is 2.53. The number of amides is 1. The Hall–Kier alpha value is -3.52. The van der Waals surface area contributed by atoms with Gasteiger partial charge in [-0.2, -0.15) is 5.10 Å². The van der Waals surface area contributed by atoms with Crippen molar-refractivity contribution in [1.82, 2.24) is 9.78 Å². The van der Waals surface area contributed by atoms with Crippen LogP contribution in [0.2, 0.25) is 0 Å². The summed E-state index contributed by atoms with van der Waals surface area (Å²) in [5.74, 6) is 2.37. The second-order valence-electron chi connectivity index (χ2n) is 7.76. The number of hydrogen-bond acceptors (Lipinski definition) is 6. The molecule has 8 heteroatoms. The molecule has 0 bridgehead atoms. The minimum absolute atomic E-state index is 0.154. The number of rotatable bonds is 11. The average Bonchev–Trinajstić information content (AvgIpc) is 3.21. The smallest absolute Gasteiger partial charge is 0.257 e. The highest BCUT2D eigenvalue weighted by atomic mass is 16.5. The summed E-state index contributed by atoms with van der Waals surface area (Å²) in [6.45, 7) is 2.37. The van der Waals surface area contributed by atoms with Crippen LogP contribution in [0, 0.1) is 0 Å². The van der Waals surface area contributed by atoms with Crippen molar-refractivity contribution in [1.29, 1.82) is 0 Å². The fourth-order valence-corrected chi connectivity index (χ4v) is 3.51. The fraction of sp³-hybridized carbons (Fsp3) is 0.360. The van der Waals surface area contributed by atoms with Crippen LogP contribution in [0.15, 0.2) is 48.7 Å². The van der Waals surface area contributed by atoms with E-state index in [0.717, 1.165) is 29.0 Å². The molecule has 1 amide bonds. The summed E-state index contributed by atoms with van der Waals surface area (Å²) in [6, 6.07) is 13.1. The Bertz CT molecular complexity index is 1080. The van der Waals surface area contributed by atoms with Crippen LogP contribution in [0.1, 0.15) is 28.4 Å². The normalized spacial score (nSPS) is 11.7. The molecular formula is C25H31N3O5. The lowest BCUT2D eigenvalue weighted by atomic mass is 10.0. The molecule has 0 spiro atoms. The van der Waals surface area contributed by atoms with E-state index in [1.54, 1.807) is 51.4 Å². The Balaban J connectivity index is 1.83. The SMILES string of the molecule is COC[C@H](C)Oc1cc(CCc2ccc(OC)cc2OC)cc(C(=O)Nc2ccn(C)n2)c1. The van der Waals surface area contributed by atoms with Gasteiger partial charge in [0, 0.05) is 38.1 Å². The van der Waals surface area contributed by atoms with E-state index >= 15 is 0 Å². The predicted molar refractivity (Wildman–Crippen MR) is 127 cm³/mol. The molecule has 1 N–H and O–H groups in total. The van der Waals surface area contributed by atoms with E-state index in [1.165, 1.54) is 0 Å². The monoisotopic (exact) mass is 453 g/mol. The van der Waals surface area contributed by atoms with E-state index < -0.39 is 0 Å². The number of nitrogens with zero attached hydrogens (tertiary/aromatic N) is 2. The minimum atomic E-state index is -0.248. The first kappa shape index (κ1) is 24.1. The van der Waals surface area contributed by atoms with Crippen LogP contribution < -0.4 is 19.5 Å². The first-order valence-electron chi connectivity index (χ1n) is 10.7. The van der Waals surface area contributed by atoms with E-state index in [1.807, 2.05) is 37.3 Å². The second kappa shape index (κ2) is 11.4. The van der Waals surface area contributed by atoms with Crippen molar-refractivity contribution in [3.8, 4) is 17.2 Å². The standard InChI is InChI=1S/C25H31N3O5/c1-17(16-30-3)33-22-13-18(6-7-19-8-9-21(31-4)15-23(19)32-5)12-20(14-22)25(29)26-24-10-11-28(2)27-24/h8-15,17H,6-7,16H2,1-5H3,(H,26,27,29)/t17-/m0/s1. The zero-order chi connectivity index (χ0) is 23.8. The number of anilines is 1. The summed E-state index contributed by atoms with van der Waals surface area (Å²) in [6.07, 6.45) is 3.04. The lowest BCUT2D eigenvalue weighted by Crippen LogP contribution is -2.19. The maximum atomic E-state index is 12.9. The third kappa shape index (κ3) is 6.73. The molecule has 1 atom stereocenters. The molecule has 8 nitrogen and oxygen atoms in total. The van der Waals surface area contributed by atoms with Crippen LogP contribution in [0.3, 0.4) is 0 Å². The molecule has 0 aliphatic rings. The molecule has 3 rings (SSSR count). The number of carbonyl (C=O) groups is 1. The van der Waals surface area contributed by atoms with E-state index in [2.05, 4.69) is 10.4 Å². The molecule has 0 aliphatic carbocycles. The van der Waals surface area contributed by atoms with Gasteiger partial charge in [0.25, 0.3) is 5.91 Å². The molecule has 3 aromatic rings. The number of aryl methyl sites for hydroxylation is 3. The molecule has 2 aromatic carbocycles. The Kier molecular flexibility index (Phi) is 8.32. The van der Waals surface area contributed by atoms with Gasteiger partial charge >= 0.3 is 0 Å². The fourth-order valence-electron chi connectivity index (χ4n) is 3.51. The van der Waals surface area contributed by atoms with E-state index in [9.17, 15) is 4.79 Å². The number of methoxy groups -OCH3 is 3. The van der Waals surface area contributed by atoms with Gasteiger partial charge in [0.15, 0.2) is 5.82 Å². The number of nitrogens with one attached hydrogen (secondary N) is 1. The van der Waals surface area contributed by atoms with Gasteiger partial charge in [0.2, 0.25) is 0 Å². The predicted octanol–water partition coefficient (Wildman–Crippen LogP) is 3.89. The molecular weight excluding hydrogens is 422 g/mol. The summed E-state index contributed by atoms with van der Waals surface area (Å²) in [7, 11) is 6.70. The zero-order valence-electron chi connectivity index (χ0n) is 19.8. The van der Waals surface area contributed by atoms with E-state index in [4.69, 9.17) is 18.9 Å². The van der Waals surface area contributed by atoms with Crippen LogP contribution in [-0.4, -0.2) is 49.7 Å². The number of carbonyl (C=O) groups excluding carboxylic acids is 1. The molecule has 176 valence electrons. The van der Waals surface area contributed by atoms with Gasteiger partial charge in [-0.05, 0) is 55.2 Å². The number of benzene rings is 2. The molecule has 0 saturated carbocycles. The molecule has 33 heavy (non-hydrogen) atoms. The van der Waals surface area contributed by atoms with Crippen LogP contribution >= 0.6 is 0 Å². The third-order valence-electron chi connectivity index (χ3n) is 5.10. The quantitative estimate of drug-likeness (QED) is 0.474. The average molecular weight is 454 g/mol. The molecule has 1 heterocycles. The zero-order valence-corrected chi connectivity index (χ0v) is 19.8. The molecule has 0 unspecified atom stereocenters. The van der Waals surface area contributed by atoms with Crippen molar-refractivity contribution >= 4 is 11.7 Å². The number of ether oxygens (including phenoxy) is 4. The third-order valence-corrected chi connectivity index (χ3v) is 5.10. The van der Waals surface area contributed by atoms with Crippen LogP contribution in [-0.2, 0) is 24.6 Å². The summed E-state index contributed by atoms with van der Waals surface area (Å²) in [4.78, 5) is 12.9. The topological polar surface area (TPSA) is 83.8 Å². The van der Waals surface area contributed by atoms with Crippen molar-refractivity contribution in [2.24, 2.45) is 7.05 Å². The highest BCUT2D eigenvalue weighted by Crippen LogP contribution is 2.27. The van der Waals surface area contributed by atoms with Crippen LogP contribution in [0.25, 0.3) is 0 Å². The molecule has 0 aliphatic heterocycles. The van der Waals surface area contributed by atoms with Gasteiger partial charge in [-0.3, -0.25) is 9.48 Å². The van der Waals surface area contributed by atoms with Crippen molar-refractivity contribution in [3.63, 3.8) is 0 Å². The number of aromatic nitrogens is 2. The van der Waals surface area contributed by atoms with Crippen LogP contribution in [0.5, 0.6) is 17.2 Å². The summed E-state index contributed by atoms with van der Waals surface area (Å²) in [5, 5.41) is 7.05. The van der Waals surface area contributed by atoms with Gasteiger partial charge in [0.1, 0.15) is 23.4 Å². The second-order valence-corrected chi connectivity index (χ2v) is 7.76. The lowest BCUT2D eigenvalue weighted by molar-refractivity contribution is 0.0916. The Morgan fingerprint density at radius 1 is 1.03 bits per heavy atom. The molecule has 0 fully saturated rings. The molecule has 0 saturated heterocycles. The minimum Gasteiger partial charge on any atom is -0.497 e. The Morgan fingerprint density at radius 3 is 2.52 bits per heavy atom. The molecule has 1 aromatic heterocycles. The van der Waals surface area contributed by atoms with Crippen molar-refractivity contribution in [2.75, 3.05) is 33.3 Å². The highest BCUT2D eigenvalue weighted by Gasteiger charge is 2.14. The van der Waals surface area contributed by atoms with E-state index in [0.29, 0.717) is 30.2 Å². The summed E-state index contributed by atoms with van der Waals surface area (Å²) < 4.78 is 23.6. The van der Waals surface area contributed by atoms with Crippen molar-refractivity contribution < 1.29 is 23.7 Å². The largest absolute Gasteiger partial charge is 0.497 e. The first-order chi connectivity index (χ1) is 15.9. The van der Waals surface area contributed by atoms with Gasteiger partial charge < -0.3 is 24.3 Å². The van der Waals surface area contributed by atoms with Crippen molar-refractivity contribution in [3.05, 3.63) is 65.4 Å². The van der Waals surface area contributed by atoms with Gasteiger partial charge in [-0.1, -0.05) is 6.07 Å². The Morgan fingerprint density at radius 2 is 1.85 bits per heavy atom. The maximum absolute atomic E-state index is 12.9. The first-order valence-corrected chi connectivity index (χ1v) is 10.7. The van der Waals surface area contributed by atoms with E-state index in [-0.39, 0.29) is 12.0 Å². The maximum Gasteiger partial charge on any atom is 0.257 e. The van der Waals surface area contributed by atoms with Gasteiger partial charge in [0.05, 0.1) is 20.8 Å². The number of hydrogen-bond donors (Lipinski definition) is 1. The van der Waals surface area contributed by atoms with Crippen molar-refractivity contribution in [2.45, 2.75) is 25.9 Å². The van der Waals surface area contributed by atoms with Crippen LogP contribution in [0.4, 0.5) is 5.82 Å². The lowest BCUT2D eigenvalue weighted by Gasteiger charge is -2.16. The Labute approximate surface area is 194 Å². The van der Waals surface area contributed by atoms with Gasteiger partial charge in [-0.15, -0.1) is 0 Å². The summed E-state index contributed by atoms with van der Waals surface area (Å²) >= 11 is 0.